The van der Waals surface area contributed by atoms with Crippen molar-refractivity contribution in [3.8, 4) is 0 Å². The third kappa shape index (κ3) is 2.83. The van der Waals surface area contributed by atoms with Gasteiger partial charge in [-0.3, -0.25) is 4.79 Å². The Bertz CT molecular complexity index is 353. The number of hydrogen-bond acceptors (Lipinski definition) is 2. The highest BCUT2D eigenvalue weighted by Gasteiger charge is 2.14. The van der Waals surface area contributed by atoms with Gasteiger partial charge in [-0.2, -0.15) is 0 Å². The Hall–Kier alpha value is -1.35. The van der Waals surface area contributed by atoms with E-state index in [4.69, 9.17) is 0 Å². The van der Waals surface area contributed by atoms with Gasteiger partial charge in [0.15, 0.2) is 0 Å². The van der Waals surface area contributed by atoms with Gasteiger partial charge in [0.1, 0.15) is 0 Å². The number of amides is 1. The van der Waals surface area contributed by atoms with Gasteiger partial charge >= 0.3 is 0 Å². The minimum absolute atomic E-state index is 0.0212. The average molecular weight is 218 g/mol. The Labute approximate surface area is 96.2 Å². The minimum atomic E-state index is -0.0212. The molecule has 3 heteroatoms. The van der Waals surface area contributed by atoms with Gasteiger partial charge in [-0.05, 0) is 43.0 Å². The molecule has 1 aromatic carbocycles. The highest BCUT2D eigenvalue weighted by atomic mass is 16.1. The predicted octanol–water partition coefficient (Wildman–Crippen LogP) is 2.11. The van der Waals surface area contributed by atoms with E-state index in [2.05, 4.69) is 22.8 Å². The Kier molecular flexibility index (Phi) is 3.57. The molecule has 1 saturated heterocycles. The van der Waals surface area contributed by atoms with Crippen LogP contribution in [-0.2, 0) is 4.79 Å². The molecule has 0 spiro atoms. The molecule has 2 rings (SSSR count). The third-order valence-electron chi connectivity index (χ3n) is 3.00. The minimum Gasteiger partial charge on any atom is -0.326 e. The first-order chi connectivity index (χ1) is 7.75. The Morgan fingerprint density at radius 2 is 2.12 bits per heavy atom. The Morgan fingerprint density at radius 3 is 2.69 bits per heavy atom. The number of rotatable bonds is 2. The number of carbonyl (C=O) groups excluding carboxylic acids is 1. The second-order valence-electron chi connectivity index (χ2n) is 4.35. The largest absolute Gasteiger partial charge is 0.326 e. The molecule has 2 N–H and O–H groups in total. The molecule has 0 aromatic heterocycles. The molecule has 0 radical (unpaired) electrons. The van der Waals surface area contributed by atoms with Gasteiger partial charge in [0, 0.05) is 19.2 Å². The molecule has 1 heterocycles. The molecule has 0 aliphatic carbocycles. The number of carbonyl (C=O) groups is 1. The molecule has 1 aromatic rings. The highest BCUT2D eigenvalue weighted by Crippen LogP contribution is 2.24. The molecular formula is C13H18N2O. The molecule has 0 unspecified atom stereocenters. The third-order valence-corrected chi connectivity index (χ3v) is 3.00. The summed E-state index contributed by atoms with van der Waals surface area (Å²) in [6.07, 6.45) is 2.50. The zero-order chi connectivity index (χ0) is 11.4. The number of piperidine rings is 1. The van der Waals surface area contributed by atoms with Crippen LogP contribution in [0.15, 0.2) is 24.3 Å². The fourth-order valence-corrected chi connectivity index (χ4v) is 2.18. The van der Waals surface area contributed by atoms with Gasteiger partial charge in [0.2, 0.25) is 5.91 Å². The summed E-state index contributed by atoms with van der Waals surface area (Å²) in [6, 6.07) is 8.18. The van der Waals surface area contributed by atoms with Crippen LogP contribution in [0.1, 0.15) is 31.2 Å². The second-order valence-corrected chi connectivity index (χ2v) is 4.35. The van der Waals surface area contributed by atoms with Crippen molar-refractivity contribution in [2.45, 2.75) is 25.7 Å². The summed E-state index contributed by atoms with van der Waals surface area (Å²) < 4.78 is 0. The van der Waals surface area contributed by atoms with Gasteiger partial charge in [-0.25, -0.2) is 0 Å². The van der Waals surface area contributed by atoms with E-state index in [1.807, 2.05) is 12.1 Å². The summed E-state index contributed by atoms with van der Waals surface area (Å²) in [6.45, 7) is 3.74. The van der Waals surface area contributed by atoms with E-state index in [1.165, 1.54) is 25.3 Å². The van der Waals surface area contributed by atoms with Crippen molar-refractivity contribution in [2.75, 3.05) is 18.4 Å². The zero-order valence-corrected chi connectivity index (χ0v) is 9.62. The monoisotopic (exact) mass is 218 g/mol. The number of benzene rings is 1. The summed E-state index contributed by atoms with van der Waals surface area (Å²) in [7, 11) is 0. The number of nitrogens with one attached hydrogen (secondary N) is 2. The van der Waals surface area contributed by atoms with Crippen molar-refractivity contribution in [3.05, 3.63) is 29.8 Å². The van der Waals surface area contributed by atoms with E-state index in [1.54, 1.807) is 0 Å². The molecular weight excluding hydrogens is 200 g/mol. The standard InChI is InChI=1S/C13H18N2O/c1-10(16)15-13-6-4-11(5-7-13)12-3-2-8-14-9-12/h4-7,12,14H,2-3,8-9H2,1H3,(H,15,16)/t12-/m0/s1. The molecule has 1 aliphatic heterocycles. The first kappa shape index (κ1) is 11.1. The van der Waals surface area contributed by atoms with E-state index in [0.717, 1.165) is 18.8 Å². The summed E-state index contributed by atoms with van der Waals surface area (Å²) in [5, 5.41) is 6.19. The summed E-state index contributed by atoms with van der Waals surface area (Å²) in [5.74, 6) is 0.604. The van der Waals surface area contributed by atoms with Crippen molar-refractivity contribution in [1.29, 1.82) is 0 Å². The van der Waals surface area contributed by atoms with Gasteiger partial charge in [0.05, 0.1) is 0 Å². The Morgan fingerprint density at radius 1 is 1.38 bits per heavy atom. The maximum atomic E-state index is 10.9. The molecule has 0 saturated carbocycles. The van der Waals surface area contributed by atoms with Gasteiger partial charge in [-0.15, -0.1) is 0 Å². The van der Waals surface area contributed by atoms with Crippen LogP contribution in [0, 0.1) is 0 Å². The average Bonchev–Trinajstić information content (AvgIpc) is 2.30. The van der Waals surface area contributed by atoms with Crippen LogP contribution in [0.25, 0.3) is 0 Å². The van der Waals surface area contributed by atoms with E-state index in [-0.39, 0.29) is 5.91 Å². The molecule has 16 heavy (non-hydrogen) atoms. The second kappa shape index (κ2) is 5.12. The summed E-state index contributed by atoms with van der Waals surface area (Å²) in [4.78, 5) is 10.9. The Balaban J connectivity index is 2.03. The molecule has 1 atom stereocenters. The van der Waals surface area contributed by atoms with Gasteiger partial charge < -0.3 is 10.6 Å². The molecule has 1 amide bonds. The maximum Gasteiger partial charge on any atom is 0.221 e. The zero-order valence-electron chi connectivity index (χ0n) is 9.62. The topological polar surface area (TPSA) is 41.1 Å². The number of anilines is 1. The van der Waals surface area contributed by atoms with Crippen LogP contribution in [0.3, 0.4) is 0 Å². The first-order valence-corrected chi connectivity index (χ1v) is 5.84. The van der Waals surface area contributed by atoms with Crippen molar-refractivity contribution < 1.29 is 4.79 Å². The smallest absolute Gasteiger partial charge is 0.221 e. The van der Waals surface area contributed by atoms with Crippen molar-refractivity contribution in [3.63, 3.8) is 0 Å². The first-order valence-electron chi connectivity index (χ1n) is 5.84. The fraction of sp³-hybridized carbons (Fsp3) is 0.462. The summed E-state index contributed by atoms with van der Waals surface area (Å²) >= 11 is 0. The van der Waals surface area contributed by atoms with Crippen LogP contribution in [0.2, 0.25) is 0 Å². The molecule has 3 nitrogen and oxygen atoms in total. The predicted molar refractivity (Wildman–Crippen MR) is 65.6 cm³/mol. The van der Waals surface area contributed by atoms with Crippen LogP contribution < -0.4 is 10.6 Å². The lowest BCUT2D eigenvalue weighted by Gasteiger charge is -2.23. The maximum absolute atomic E-state index is 10.9. The normalized spacial score (nSPS) is 20.4. The van der Waals surface area contributed by atoms with E-state index in [9.17, 15) is 4.79 Å². The lowest BCUT2D eigenvalue weighted by atomic mass is 9.92. The molecule has 1 aliphatic rings. The SMILES string of the molecule is CC(=O)Nc1ccc([C@H]2CCCNC2)cc1. The van der Waals surface area contributed by atoms with Gasteiger partial charge in [0.25, 0.3) is 0 Å². The van der Waals surface area contributed by atoms with E-state index >= 15 is 0 Å². The van der Waals surface area contributed by atoms with Crippen LogP contribution in [0.4, 0.5) is 5.69 Å². The van der Waals surface area contributed by atoms with Crippen LogP contribution >= 0.6 is 0 Å². The van der Waals surface area contributed by atoms with Crippen molar-refractivity contribution in [2.24, 2.45) is 0 Å². The van der Waals surface area contributed by atoms with Gasteiger partial charge in [-0.1, -0.05) is 12.1 Å². The van der Waals surface area contributed by atoms with E-state index < -0.39 is 0 Å². The highest BCUT2D eigenvalue weighted by molar-refractivity contribution is 5.88. The van der Waals surface area contributed by atoms with Crippen molar-refractivity contribution in [1.82, 2.24) is 5.32 Å². The van der Waals surface area contributed by atoms with E-state index in [0.29, 0.717) is 5.92 Å². The lowest BCUT2D eigenvalue weighted by Crippen LogP contribution is -2.28. The molecule has 0 bridgehead atoms. The molecule has 1 fully saturated rings. The molecule has 86 valence electrons. The fourth-order valence-electron chi connectivity index (χ4n) is 2.18. The summed E-state index contributed by atoms with van der Waals surface area (Å²) in [5.41, 5.74) is 2.24. The van der Waals surface area contributed by atoms with Crippen LogP contribution in [0.5, 0.6) is 0 Å². The number of hydrogen-bond donors (Lipinski definition) is 2. The van der Waals surface area contributed by atoms with Crippen LogP contribution in [-0.4, -0.2) is 19.0 Å². The quantitative estimate of drug-likeness (QED) is 0.798. The van der Waals surface area contributed by atoms with Crippen molar-refractivity contribution >= 4 is 11.6 Å². The lowest BCUT2D eigenvalue weighted by molar-refractivity contribution is -0.114.